The van der Waals surface area contributed by atoms with Crippen LogP contribution in [0.4, 0.5) is 0 Å². The monoisotopic (exact) mass is 428 g/mol. The Morgan fingerprint density at radius 2 is 1.72 bits per heavy atom. The van der Waals surface area contributed by atoms with Gasteiger partial charge in [-0.1, -0.05) is 61.5 Å². The maximum Gasteiger partial charge on any atom is 0.261 e. The fourth-order valence-corrected chi connectivity index (χ4v) is 6.97. The first kappa shape index (κ1) is 19.8. The van der Waals surface area contributed by atoms with Crippen LogP contribution in [-0.2, 0) is 21.4 Å². The topological polar surface area (TPSA) is 86.7 Å². The molecule has 0 bridgehead atoms. The number of rotatable bonds is 5. The summed E-state index contributed by atoms with van der Waals surface area (Å²) >= 11 is 1.41. The number of fused-ring (bicyclic) bond motifs is 1. The number of nitrogens with one attached hydrogen (secondary N) is 1. The van der Waals surface area contributed by atoms with Crippen molar-refractivity contribution >= 4 is 27.3 Å². The molecule has 150 valence electrons. The molecule has 2 N–H and O–H groups in total. The number of benzene rings is 2. The van der Waals surface area contributed by atoms with Crippen LogP contribution in [0.2, 0.25) is 0 Å². The third-order valence-corrected chi connectivity index (χ3v) is 8.30. The highest BCUT2D eigenvalue weighted by Crippen LogP contribution is 2.42. The van der Waals surface area contributed by atoms with Gasteiger partial charge in [0.2, 0.25) is 10.0 Å². The van der Waals surface area contributed by atoms with Crippen molar-refractivity contribution in [3.05, 3.63) is 65.5 Å². The molecular formula is C21H20N2O4S2. The zero-order valence-electron chi connectivity index (χ0n) is 15.7. The second-order valence-corrected chi connectivity index (χ2v) is 9.79. The molecule has 29 heavy (non-hydrogen) atoms. The number of carbonyl (C=O) groups excluding carboxylic acids is 1. The molecule has 6 nitrogen and oxygen atoms in total. The fourth-order valence-electron chi connectivity index (χ4n) is 3.57. The highest BCUT2D eigenvalue weighted by atomic mass is 32.2. The molecule has 2 aromatic carbocycles. The molecule has 1 amide bonds. The summed E-state index contributed by atoms with van der Waals surface area (Å²) in [5.41, 5.74) is 4.73. The van der Waals surface area contributed by atoms with Crippen LogP contribution in [0, 0.1) is 0 Å². The van der Waals surface area contributed by atoms with Gasteiger partial charge in [0.1, 0.15) is 6.04 Å². The summed E-state index contributed by atoms with van der Waals surface area (Å²) in [6.45, 7) is 1.85. The third-order valence-electron chi connectivity index (χ3n) is 5.08. The van der Waals surface area contributed by atoms with Crippen molar-refractivity contribution in [3.63, 3.8) is 0 Å². The lowest BCUT2D eigenvalue weighted by atomic mass is 10.0. The molecule has 1 unspecified atom stereocenters. The second-order valence-electron chi connectivity index (χ2n) is 6.79. The number of hydroxylamine groups is 1. The molecule has 1 aliphatic heterocycles. The van der Waals surface area contributed by atoms with Crippen LogP contribution in [-0.4, -0.2) is 29.9 Å². The van der Waals surface area contributed by atoms with Crippen molar-refractivity contribution in [1.29, 1.82) is 0 Å². The van der Waals surface area contributed by atoms with E-state index in [9.17, 15) is 13.2 Å². The van der Waals surface area contributed by atoms with E-state index >= 15 is 0 Å². The lowest BCUT2D eigenvalue weighted by molar-refractivity contribution is -0.133. The average molecular weight is 429 g/mol. The number of sulfonamides is 1. The van der Waals surface area contributed by atoms with Crippen LogP contribution in [0.3, 0.4) is 0 Å². The first-order chi connectivity index (χ1) is 14.0. The summed E-state index contributed by atoms with van der Waals surface area (Å²) < 4.78 is 27.1. The summed E-state index contributed by atoms with van der Waals surface area (Å²) in [5, 5.41) is 8.91. The minimum atomic E-state index is -3.78. The highest BCUT2D eigenvalue weighted by Gasteiger charge is 2.42. The van der Waals surface area contributed by atoms with E-state index in [0.717, 1.165) is 25.9 Å². The molecule has 1 aromatic heterocycles. The summed E-state index contributed by atoms with van der Waals surface area (Å²) in [6.07, 6.45) is 0.272. The standard InChI is InChI=1S/C21H20N2O4S2/c1-2-17(21(24)22-25)23-13-19-20(29(23,26)27)12-18(28-19)16-10-8-15(9-11-16)14-6-4-3-5-7-14/h3-12,17,25H,2,13H2,1H3,(H,22,24). The molecule has 0 radical (unpaired) electrons. The van der Waals surface area contributed by atoms with Crippen molar-refractivity contribution in [2.24, 2.45) is 0 Å². The van der Waals surface area contributed by atoms with Gasteiger partial charge >= 0.3 is 0 Å². The molecule has 0 aliphatic carbocycles. The molecule has 2 heterocycles. The van der Waals surface area contributed by atoms with E-state index in [1.807, 2.05) is 54.6 Å². The van der Waals surface area contributed by atoms with Crippen LogP contribution in [0.5, 0.6) is 0 Å². The predicted octanol–water partition coefficient (Wildman–Crippen LogP) is 3.87. The van der Waals surface area contributed by atoms with Crippen LogP contribution in [0.15, 0.2) is 65.6 Å². The second kappa shape index (κ2) is 7.72. The zero-order valence-corrected chi connectivity index (χ0v) is 17.3. The van der Waals surface area contributed by atoms with Crippen molar-refractivity contribution < 1.29 is 18.4 Å². The summed E-state index contributed by atoms with van der Waals surface area (Å²) in [7, 11) is -3.78. The van der Waals surface area contributed by atoms with Gasteiger partial charge < -0.3 is 0 Å². The first-order valence-corrected chi connectivity index (χ1v) is 11.5. The smallest absolute Gasteiger partial charge is 0.261 e. The average Bonchev–Trinajstić information content (AvgIpc) is 3.28. The van der Waals surface area contributed by atoms with Gasteiger partial charge in [-0.05, 0) is 29.2 Å². The molecule has 0 saturated heterocycles. The zero-order chi connectivity index (χ0) is 20.6. The van der Waals surface area contributed by atoms with Gasteiger partial charge in [0.15, 0.2) is 0 Å². The van der Waals surface area contributed by atoms with Gasteiger partial charge in [0.25, 0.3) is 5.91 Å². The molecule has 0 spiro atoms. The Balaban J connectivity index is 1.62. The normalized spacial score (nSPS) is 16.3. The molecular weight excluding hydrogens is 408 g/mol. The number of amides is 1. The molecule has 4 rings (SSSR count). The van der Waals surface area contributed by atoms with Gasteiger partial charge in [-0.15, -0.1) is 11.3 Å². The van der Waals surface area contributed by atoms with Crippen molar-refractivity contribution in [2.45, 2.75) is 30.8 Å². The van der Waals surface area contributed by atoms with Crippen LogP contribution in [0.25, 0.3) is 21.6 Å². The summed E-state index contributed by atoms with van der Waals surface area (Å²) in [5.74, 6) is -0.719. The van der Waals surface area contributed by atoms with E-state index in [1.54, 1.807) is 18.5 Å². The van der Waals surface area contributed by atoms with Crippen molar-refractivity contribution in [1.82, 2.24) is 9.79 Å². The SMILES string of the molecule is CCC(C(=O)NO)N1Cc2sc(-c3ccc(-c4ccccc4)cc3)cc2S1(=O)=O. The lowest BCUT2D eigenvalue weighted by Crippen LogP contribution is -2.45. The minimum absolute atomic E-state index is 0.135. The van der Waals surface area contributed by atoms with Crippen LogP contribution >= 0.6 is 11.3 Å². The van der Waals surface area contributed by atoms with Crippen molar-refractivity contribution in [2.75, 3.05) is 0 Å². The Morgan fingerprint density at radius 3 is 2.31 bits per heavy atom. The molecule has 1 aliphatic rings. The van der Waals surface area contributed by atoms with E-state index in [-0.39, 0.29) is 17.9 Å². The fraction of sp³-hybridized carbons (Fsp3) is 0.190. The molecule has 1 atom stereocenters. The van der Waals surface area contributed by atoms with Gasteiger partial charge in [-0.2, -0.15) is 4.31 Å². The Bertz CT molecular complexity index is 1140. The van der Waals surface area contributed by atoms with Gasteiger partial charge in [-0.3, -0.25) is 10.0 Å². The minimum Gasteiger partial charge on any atom is -0.289 e. The maximum atomic E-state index is 13.0. The number of carbonyl (C=O) groups is 1. The number of thiophene rings is 1. The van der Waals surface area contributed by atoms with E-state index in [0.29, 0.717) is 4.88 Å². The molecule has 3 aromatic rings. The van der Waals surface area contributed by atoms with Gasteiger partial charge in [0.05, 0.1) is 11.4 Å². The van der Waals surface area contributed by atoms with Gasteiger partial charge in [-0.25, -0.2) is 13.9 Å². The molecule has 0 saturated carbocycles. The number of hydrogen-bond acceptors (Lipinski definition) is 5. The van der Waals surface area contributed by atoms with E-state index < -0.39 is 22.0 Å². The molecule has 0 fully saturated rings. The molecule has 8 heteroatoms. The number of hydrogen-bond donors (Lipinski definition) is 2. The Hall–Kier alpha value is -2.52. The lowest BCUT2D eigenvalue weighted by Gasteiger charge is -2.23. The largest absolute Gasteiger partial charge is 0.289 e. The number of nitrogens with zero attached hydrogens (tertiary/aromatic N) is 1. The summed E-state index contributed by atoms with van der Waals surface area (Å²) in [4.78, 5) is 13.7. The van der Waals surface area contributed by atoms with Crippen LogP contribution < -0.4 is 5.48 Å². The van der Waals surface area contributed by atoms with Crippen molar-refractivity contribution in [3.8, 4) is 21.6 Å². The van der Waals surface area contributed by atoms with Crippen LogP contribution in [0.1, 0.15) is 18.2 Å². The Labute approximate surface area is 173 Å². The Kier molecular flexibility index (Phi) is 5.26. The highest BCUT2D eigenvalue weighted by molar-refractivity contribution is 7.89. The third kappa shape index (κ3) is 3.49. The Morgan fingerprint density at radius 1 is 1.10 bits per heavy atom. The van der Waals surface area contributed by atoms with Gasteiger partial charge in [0, 0.05) is 9.75 Å². The first-order valence-electron chi connectivity index (χ1n) is 9.20. The van der Waals surface area contributed by atoms with E-state index in [4.69, 9.17) is 5.21 Å². The summed E-state index contributed by atoms with van der Waals surface area (Å²) in [6, 6.07) is 18.8. The predicted molar refractivity (Wildman–Crippen MR) is 112 cm³/mol. The van der Waals surface area contributed by atoms with E-state index in [2.05, 4.69) is 0 Å². The van der Waals surface area contributed by atoms with E-state index in [1.165, 1.54) is 11.3 Å². The maximum absolute atomic E-state index is 13.0. The quantitative estimate of drug-likeness (QED) is 0.477.